The normalized spacial score (nSPS) is 11.5. The molecule has 0 spiro atoms. The van der Waals surface area contributed by atoms with E-state index < -0.39 is 19.1 Å². The van der Waals surface area contributed by atoms with Crippen LogP contribution in [-0.4, -0.2) is 25.7 Å². The lowest BCUT2D eigenvalue weighted by Crippen LogP contribution is -2.12. The summed E-state index contributed by atoms with van der Waals surface area (Å²) in [7, 11) is -3.33. The molecule has 0 saturated heterocycles. The Morgan fingerprint density at radius 3 is 1.09 bits per heavy atom. The minimum atomic E-state index is -6.00. The molecule has 0 radical (unpaired) electrons. The molecule has 0 N–H and O–H groups in total. The lowest BCUT2D eigenvalue weighted by molar-refractivity contribution is 0.368. The lowest BCUT2D eigenvalue weighted by Gasteiger charge is -1.94. The molecule has 9 heteroatoms. The van der Waals surface area contributed by atoms with E-state index in [-0.39, 0.29) is 0 Å². The summed E-state index contributed by atoms with van der Waals surface area (Å²) in [5.41, 5.74) is 0. The first-order valence-corrected chi connectivity index (χ1v) is 3.24. The molecule has 70 valence electrons. The number of nitrogens with zero attached hydrogens (tertiary/aromatic N) is 1. The Bertz CT molecular complexity index is 81.1. The molecule has 0 aromatic carbocycles. The molecule has 0 fully saturated rings. The maximum atomic E-state index is 11.1. The van der Waals surface area contributed by atoms with Gasteiger partial charge in [-0.05, 0) is 0 Å². The molecule has 0 bridgehead atoms. The van der Waals surface area contributed by atoms with Crippen LogP contribution in [0.4, 0.5) is 25.0 Å². The molecule has 1 nitrogen and oxygen atoms in total. The minimum Gasteiger partial charge on any atom is -0.418 e. The van der Waals surface area contributed by atoms with Gasteiger partial charge in [0.05, 0.1) is 7.77 Å². The van der Waals surface area contributed by atoms with Gasteiger partial charge in [0.1, 0.15) is 0 Å². The summed E-state index contributed by atoms with van der Waals surface area (Å²) in [5, 5.41) is 0. The minimum absolute atomic E-state index is 0.861. The molecule has 0 aromatic rings. The van der Waals surface area contributed by atoms with Gasteiger partial charge in [-0.1, -0.05) is 4.31 Å². The van der Waals surface area contributed by atoms with Crippen LogP contribution in [0.25, 0.3) is 0 Å². The van der Waals surface area contributed by atoms with Gasteiger partial charge in [-0.2, -0.15) is 0 Å². The van der Waals surface area contributed by atoms with E-state index in [4.69, 9.17) is 0 Å². The highest BCUT2D eigenvalue weighted by Crippen LogP contribution is 2.06. The number of hydrogen-bond donors (Lipinski definition) is 0. The first kappa shape index (κ1) is 13.5. The second-order valence-electron chi connectivity index (χ2n) is 1.50. The quantitative estimate of drug-likeness (QED) is 0.357. The predicted octanol–water partition coefficient (Wildman–Crippen LogP) is 2.15. The fraction of sp³-hybridized carbons (Fsp3) is 1.00. The van der Waals surface area contributed by atoms with Crippen molar-refractivity contribution in [2.45, 2.75) is 0 Å². The van der Waals surface area contributed by atoms with E-state index in [0.29, 0.717) is 0 Å². The Balaban J connectivity index is 0. The summed E-state index contributed by atoms with van der Waals surface area (Å²) in [4.78, 5) is 0. The van der Waals surface area contributed by atoms with Crippen LogP contribution in [0.3, 0.4) is 0 Å². The molecule has 0 aromatic heterocycles. The molecule has 0 saturated carbocycles. The standard InChI is InChI=1S/C2H6F2NS.BF4/c1-5(2)6(3)4;2-1(3,4)5/h1-2H3;/q+1;-1. The van der Waals surface area contributed by atoms with Crippen LogP contribution in [0.5, 0.6) is 0 Å². The second-order valence-corrected chi connectivity index (χ2v) is 2.63. The molecule has 0 rings (SSSR count). The number of hydrogen-bond acceptors (Lipinski definition) is 1. The van der Waals surface area contributed by atoms with E-state index in [9.17, 15) is 25.0 Å². The maximum absolute atomic E-state index is 11.1. The van der Waals surface area contributed by atoms with Crippen molar-refractivity contribution in [1.29, 1.82) is 0 Å². The molecule has 0 heterocycles. The van der Waals surface area contributed by atoms with Crippen molar-refractivity contribution in [1.82, 2.24) is 4.31 Å². The molecule has 0 aliphatic rings. The van der Waals surface area contributed by atoms with Gasteiger partial charge in [-0.3, -0.25) is 0 Å². The molecule has 0 atom stereocenters. The Morgan fingerprint density at radius 2 is 1.09 bits per heavy atom. The Labute approximate surface area is 63.5 Å². The Morgan fingerprint density at radius 1 is 1.00 bits per heavy atom. The summed E-state index contributed by atoms with van der Waals surface area (Å²) >= 11 is -2.53. The van der Waals surface area contributed by atoms with Gasteiger partial charge in [0.15, 0.2) is 0 Å². The molecule has 0 amide bonds. The average molecular weight is 201 g/mol. The maximum Gasteiger partial charge on any atom is 0.673 e. The highest BCUT2D eigenvalue weighted by Gasteiger charge is 2.21. The van der Waals surface area contributed by atoms with E-state index in [1.54, 1.807) is 0 Å². The molecular weight excluding hydrogens is 195 g/mol. The van der Waals surface area contributed by atoms with Crippen LogP contribution in [0.2, 0.25) is 0 Å². The Kier molecular flexibility index (Phi) is 6.87. The van der Waals surface area contributed by atoms with Crippen molar-refractivity contribution in [3.05, 3.63) is 0 Å². The van der Waals surface area contributed by atoms with Gasteiger partial charge in [0.2, 0.25) is 0 Å². The second kappa shape index (κ2) is 5.59. The van der Waals surface area contributed by atoms with Crippen molar-refractivity contribution < 1.29 is 25.0 Å². The van der Waals surface area contributed by atoms with E-state index in [0.717, 1.165) is 4.31 Å². The first-order chi connectivity index (χ1) is 4.64. The third-order valence-corrected chi connectivity index (χ3v) is 0.828. The largest absolute Gasteiger partial charge is 0.673 e. The fourth-order valence-electron chi connectivity index (χ4n) is 0. The van der Waals surface area contributed by atoms with Crippen LogP contribution in [-0.2, 0) is 11.9 Å². The third-order valence-electron chi connectivity index (χ3n) is 0.276. The van der Waals surface area contributed by atoms with E-state index in [1.807, 2.05) is 0 Å². The van der Waals surface area contributed by atoms with E-state index in [2.05, 4.69) is 0 Å². The highest BCUT2D eigenvalue weighted by atomic mass is 32.3. The summed E-state index contributed by atoms with van der Waals surface area (Å²) in [6.45, 7) is 0. The SMILES string of the molecule is CN(C)[S+](F)F.F[B-](F)(F)F. The molecule has 0 aliphatic heterocycles. The average Bonchev–Trinajstić information content (AvgIpc) is 1.59. The van der Waals surface area contributed by atoms with Gasteiger partial charge in [-0.15, -0.1) is 0 Å². The van der Waals surface area contributed by atoms with Gasteiger partial charge in [-0.25, -0.2) is 0 Å². The summed E-state index contributed by atoms with van der Waals surface area (Å²) in [6, 6.07) is 0. The summed E-state index contributed by atoms with van der Waals surface area (Å²) in [6.07, 6.45) is 0. The van der Waals surface area contributed by atoms with Gasteiger partial charge in [0.25, 0.3) is 0 Å². The predicted molar refractivity (Wildman–Crippen MR) is 33.5 cm³/mol. The Hall–Kier alpha value is -0.0451. The zero-order valence-electron chi connectivity index (χ0n) is 5.70. The lowest BCUT2D eigenvalue weighted by atomic mass is 10.3. The van der Waals surface area contributed by atoms with Gasteiger partial charge < -0.3 is 17.3 Å². The van der Waals surface area contributed by atoms with Crippen molar-refractivity contribution in [3.63, 3.8) is 0 Å². The van der Waals surface area contributed by atoms with Crippen LogP contribution >= 0.6 is 0 Å². The van der Waals surface area contributed by atoms with Gasteiger partial charge in [0, 0.05) is 14.1 Å². The molecular formula is C2H6BF6NS. The van der Waals surface area contributed by atoms with E-state index in [1.165, 1.54) is 14.1 Å². The number of halogens is 6. The smallest absolute Gasteiger partial charge is 0.418 e. The van der Waals surface area contributed by atoms with Crippen LogP contribution in [0.15, 0.2) is 0 Å². The van der Waals surface area contributed by atoms with Crippen molar-refractivity contribution >= 4 is 19.1 Å². The molecule has 11 heavy (non-hydrogen) atoms. The molecule has 0 aliphatic carbocycles. The van der Waals surface area contributed by atoms with Crippen molar-refractivity contribution in [2.24, 2.45) is 0 Å². The van der Waals surface area contributed by atoms with Crippen molar-refractivity contribution in [3.8, 4) is 0 Å². The summed E-state index contributed by atoms with van der Waals surface area (Å²) in [5.74, 6) is 0. The monoisotopic (exact) mass is 201 g/mol. The van der Waals surface area contributed by atoms with Crippen molar-refractivity contribution in [2.75, 3.05) is 14.1 Å². The molecule has 0 unspecified atom stereocenters. The van der Waals surface area contributed by atoms with Crippen LogP contribution < -0.4 is 0 Å². The third kappa shape index (κ3) is 40.3. The van der Waals surface area contributed by atoms with Gasteiger partial charge >= 0.3 is 19.1 Å². The van der Waals surface area contributed by atoms with Crippen LogP contribution in [0.1, 0.15) is 0 Å². The fourth-order valence-corrected chi connectivity index (χ4v) is 0. The van der Waals surface area contributed by atoms with Crippen LogP contribution in [0, 0.1) is 0 Å². The zero-order chi connectivity index (χ0) is 9.65. The zero-order valence-corrected chi connectivity index (χ0v) is 6.52. The number of rotatable bonds is 1. The van der Waals surface area contributed by atoms with E-state index >= 15 is 0 Å². The first-order valence-electron chi connectivity index (χ1n) is 2.26. The highest BCUT2D eigenvalue weighted by molar-refractivity contribution is 7.84. The topological polar surface area (TPSA) is 3.24 Å². The summed E-state index contributed by atoms with van der Waals surface area (Å²) < 4.78 is 62.1.